The number of hydrogen-bond acceptors (Lipinski definition) is 6. The summed E-state index contributed by atoms with van der Waals surface area (Å²) < 4.78 is 22.7. The van der Waals surface area contributed by atoms with E-state index in [2.05, 4.69) is 0 Å². The van der Waals surface area contributed by atoms with Gasteiger partial charge in [-0.25, -0.2) is 4.79 Å². The second-order valence-electron chi connectivity index (χ2n) is 9.40. The molecule has 1 aromatic heterocycles. The molecule has 2 heterocycles. The van der Waals surface area contributed by atoms with Crippen LogP contribution in [-0.2, 0) is 11.2 Å². The fourth-order valence-corrected chi connectivity index (χ4v) is 5.45. The van der Waals surface area contributed by atoms with Crippen molar-refractivity contribution in [2.45, 2.75) is 45.1 Å². The molecule has 1 unspecified atom stereocenters. The average Bonchev–Trinajstić information content (AvgIpc) is 3.40. The van der Waals surface area contributed by atoms with Crippen LogP contribution in [0.4, 0.5) is 0 Å². The fourth-order valence-electron chi connectivity index (χ4n) is 5.45. The number of rotatable bonds is 6. The van der Waals surface area contributed by atoms with Gasteiger partial charge in [0.25, 0.3) is 0 Å². The Kier molecular flexibility index (Phi) is 6.41. The van der Waals surface area contributed by atoms with E-state index in [-0.39, 0.29) is 30.1 Å². The van der Waals surface area contributed by atoms with E-state index in [1.165, 1.54) is 6.07 Å². The Morgan fingerprint density at radius 3 is 2.54 bits per heavy atom. The fraction of sp³-hybridized carbons (Fsp3) is 0.429. The molecule has 0 bridgehead atoms. The standard InChI is InChI=1S/C28H31NO6/c1-17-12-27(30)35-24-14-20(8-9-21(17)24)34-16-23-22-15-26(33-3)25(32-2)13-19(22)10-11-29(23)28(31)18-6-4-5-7-18/h8-9,12-15,18,23H,4-7,10-11,16H2,1-3H3. The quantitative estimate of drug-likeness (QED) is 0.474. The van der Waals surface area contributed by atoms with Gasteiger partial charge in [-0.15, -0.1) is 0 Å². The van der Waals surface area contributed by atoms with Gasteiger partial charge in [-0.3, -0.25) is 4.79 Å². The first-order chi connectivity index (χ1) is 17.0. The van der Waals surface area contributed by atoms with E-state index in [1.54, 1.807) is 20.3 Å². The summed E-state index contributed by atoms with van der Waals surface area (Å²) in [5.74, 6) is 2.19. The summed E-state index contributed by atoms with van der Waals surface area (Å²) >= 11 is 0. The van der Waals surface area contributed by atoms with Crippen LogP contribution in [-0.4, -0.2) is 38.2 Å². The lowest BCUT2D eigenvalue weighted by molar-refractivity contribution is -0.139. The van der Waals surface area contributed by atoms with E-state index in [0.717, 1.165) is 54.2 Å². The number of carbonyl (C=O) groups is 1. The summed E-state index contributed by atoms with van der Waals surface area (Å²) in [7, 11) is 3.24. The van der Waals surface area contributed by atoms with Crippen molar-refractivity contribution < 1.29 is 23.4 Å². The molecule has 2 aromatic carbocycles. The molecule has 35 heavy (non-hydrogen) atoms. The van der Waals surface area contributed by atoms with E-state index in [9.17, 15) is 9.59 Å². The van der Waals surface area contributed by atoms with Crippen molar-refractivity contribution in [3.05, 3.63) is 63.5 Å². The molecular weight excluding hydrogens is 446 g/mol. The Balaban J connectivity index is 1.48. The molecule has 3 aromatic rings. The molecule has 184 valence electrons. The summed E-state index contributed by atoms with van der Waals surface area (Å²) in [6.07, 6.45) is 4.87. The van der Waals surface area contributed by atoms with Crippen LogP contribution in [0.2, 0.25) is 0 Å². The Morgan fingerprint density at radius 1 is 1.06 bits per heavy atom. The molecule has 0 spiro atoms. The highest BCUT2D eigenvalue weighted by Gasteiger charge is 2.36. The van der Waals surface area contributed by atoms with E-state index in [1.807, 2.05) is 36.1 Å². The van der Waals surface area contributed by atoms with Crippen molar-refractivity contribution in [2.75, 3.05) is 27.4 Å². The third-order valence-electron chi connectivity index (χ3n) is 7.32. The van der Waals surface area contributed by atoms with Gasteiger partial charge < -0.3 is 23.5 Å². The molecule has 1 saturated carbocycles. The van der Waals surface area contributed by atoms with Crippen molar-refractivity contribution in [1.29, 1.82) is 0 Å². The minimum Gasteiger partial charge on any atom is -0.493 e. The number of ether oxygens (including phenoxy) is 3. The van der Waals surface area contributed by atoms with Crippen molar-refractivity contribution in [1.82, 2.24) is 4.90 Å². The van der Waals surface area contributed by atoms with E-state index in [4.69, 9.17) is 18.6 Å². The van der Waals surface area contributed by atoms with Crippen molar-refractivity contribution >= 4 is 16.9 Å². The number of hydrogen-bond donors (Lipinski definition) is 0. The maximum absolute atomic E-state index is 13.5. The van der Waals surface area contributed by atoms with Gasteiger partial charge in [0.1, 0.15) is 17.9 Å². The minimum atomic E-state index is -0.386. The highest BCUT2D eigenvalue weighted by molar-refractivity contribution is 5.81. The van der Waals surface area contributed by atoms with Crippen LogP contribution in [0.3, 0.4) is 0 Å². The Morgan fingerprint density at radius 2 is 1.80 bits per heavy atom. The summed E-state index contributed by atoms with van der Waals surface area (Å²) in [6, 6.07) is 10.7. The van der Waals surface area contributed by atoms with Gasteiger partial charge in [-0.2, -0.15) is 0 Å². The highest BCUT2D eigenvalue weighted by atomic mass is 16.5. The lowest BCUT2D eigenvalue weighted by Gasteiger charge is -2.39. The molecule has 2 aliphatic rings. The summed E-state index contributed by atoms with van der Waals surface area (Å²) in [5.41, 5.74) is 3.11. The third kappa shape index (κ3) is 4.47. The monoisotopic (exact) mass is 477 g/mol. The van der Waals surface area contributed by atoms with Crippen LogP contribution in [0.5, 0.6) is 17.2 Å². The number of aryl methyl sites for hydroxylation is 1. The van der Waals surface area contributed by atoms with Gasteiger partial charge >= 0.3 is 5.63 Å². The summed E-state index contributed by atoms with van der Waals surface area (Å²) in [4.78, 5) is 27.3. The van der Waals surface area contributed by atoms with Gasteiger partial charge in [-0.05, 0) is 67.1 Å². The van der Waals surface area contributed by atoms with Gasteiger partial charge in [0.15, 0.2) is 11.5 Å². The topological polar surface area (TPSA) is 78.2 Å². The van der Waals surface area contributed by atoms with Gasteiger partial charge in [0, 0.05) is 30.0 Å². The maximum atomic E-state index is 13.5. The smallest absolute Gasteiger partial charge is 0.336 e. The van der Waals surface area contributed by atoms with E-state index < -0.39 is 0 Å². The Hall–Kier alpha value is -3.48. The minimum absolute atomic E-state index is 0.0807. The van der Waals surface area contributed by atoms with Crippen molar-refractivity contribution in [2.24, 2.45) is 5.92 Å². The molecule has 1 aliphatic carbocycles. The zero-order valence-electron chi connectivity index (χ0n) is 20.5. The number of fused-ring (bicyclic) bond motifs is 2. The third-order valence-corrected chi connectivity index (χ3v) is 7.32. The molecular formula is C28H31NO6. The number of carbonyl (C=O) groups excluding carboxylic acids is 1. The van der Waals surface area contributed by atoms with Crippen LogP contribution in [0.1, 0.15) is 48.4 Å². The predicted octanol–water partition coefficient (Wildman–Crippen LogP) is 4.81. The summed E-state index contributed by atoms with van der Waals surface area (Å²) in [6.45, 7) is 2.80. The average molecular weight is 478 g/mol. The van der Waals surface area contributed by atoms with Crippen LogP contribution < -0.4 is 19.8 Å². The Labute approximate surface area is 204 Å². The van der Waals surface area contributed by atoms with Crippen LogP contribution >= 0.6 is 0 Å². The number of benzene rings is 2. The largest absolute Gasteiger partial charge is 0.493 e. The molecule has 1 atom stereocenters. The number of nitrogens with zero attached hydrogens (tertiary/aromatic N) is 1. The highest BCUT2D eigenvalue weighted by Crippen LogP contribution is 2.40. The van der Waals surface area contributed by atoms with Crippen molar-refractivity contribution in [3.63, 3.8) is 0 Å². The molecule has 1 fully saturated rings. The van der Waals surface area contributed by atoms with Crippen LogP contribution in [0.15, 0.2) is 45.6 Å². The first kappa shape index (κ1) is 23.3. The van der Waals surface area contributed by atoms with Crippen LogP contribution in [0.25, 0.3) is 11.0 Å². The molecule has 7 heteroatoms. The molecule has 1 aliphatic heterocycles. The predicted molar refractivity (Wildman–Crippen MR) is 132 cm³/mol. The lowest BCUT2D eigenvalue weighted by Crippen LogP contribution is -2.44. The molecule has 0 radical (unpaired) electrons. The molecule has 0 N–H and O–H groups in total. The zero-order valence-corrected chi connectivity index (χ0v) is 20.5. The van der Waals surface area contributed by atoms with Crippen LogP contribution in [0, 0.1) is 12.8 Å². The second kappa shape index (κ2) is 9.64. The van der Waals surface area contributed by atoms with E-state index >= 15 is 0 Å². The first-order valence-corrected chi connectivity index (χ1v) is 12.2. The van der Waals surface area contributed by atoms with Gasteiger partial charge in [0.05, 0.1) is 20.3 Å². The van der Waals surface area contributed by atoms with Crippen molar-refractivity contribution in [3.8, 4) is 17.2 Å². The van der Waals surface area contributed by atoms with Gasteiger partial charge in [0.2, 0.25) is 5.91 Å². The molecule has 5 rings (SSSR count). The molecule has 7 nitrogen and oxygen atoms in total. The maximum Gasteiger partial charge on any atom is 0.336 e. The molecule has 0 saturated heterocycles. The summed E-state index contributed by atoms with van der Waals surface area (Å²) in [5, 5.41) is 0.870. The van der Waals surface area contributed by atoms with Gasteiger partial charge in [-0.1, -0.05) is 12.8 Å². The van der Waals surface area contributed by atoms with E-state index in [0.29, 0.717) is 29.4 Å². The Bertz CT molecular complexity index is 1310. The number of methoxy groups -OCH3 is 2. The lowest BCUT2D eigenvalue weighted by atomic mass is 9.90. The SMILES string of the molecule is COc1cc2c(cc1OC)C(COc1ccc3c(C)cc(=O)oc3c1)N(C(=O)C1CCCC1)CC2. The molecule has 1 amide bonds. The second-order valence-corrected chi connectivity index (χ2v) is 9.40. The normalized spacial score (nSPS) is 17.9. The first-order valence-electron chi connectivity index (χ1n) is 12.2. The number of amides is 1. The zero-order chi connectivity index (χ0) is 24.5.